The summed E-state index contributed by atoms with van der Waals surface area (Å²) >= 11 is 0. The SMILES string of the molecule is COCCN(CCOC)C(C#N)c1ccc(C(C)C)cc1. The smallest absolute Gasteiger partial charge is 0.124 e. The lowest BCUT2D eigenvalue weighted by molar-refractivity contribution is 0.101. The molecule has 1 rings (SSSR count). The Morgan fingerprint density at radius 1 is 1.00 bits per heavy atom. The minimum Gasteiger partial charge on any atom is -0.383 e. The van der Waals surface area contributed by atoms with Crippen LogP contribution >= 0.6 is 0 Å². The van der Waals surface area contributed by atoms with Gasteiger partial charge in [0.1, 0.15) is 6.04 Å². The highest BCUT2D eigenvalue weighted by molar-refractivity contribution is 5.29. The zero-order chi connectivity index (χ0) is 15.7. The van der Waals surface area contributed by atoms with Crippen molar-refractivity contribution < 1.29 is 9.47 Å². The predicted molar refractivity (Wildman–Crippen MR) is 84.2 cm³/mol. The van der Waals surface area contributed by atoms with Gasteiger partial charge < -0.3 is 9.47 Å². The highest BCUT2D eigenvalue weighted by atomic mass is 16.5. The molecule has 0 saturated carbocycles. The van der Waals surface area contributed by atoms with Crippen LogP contribution < -0.4 is 0 Å². The van der Waals surface area contributed by atoms with E-state index in [1.165, 1.54) is 5.56 Å². The lowest BCUT2D eigenvalue weighted by Crippen LogP contribution is -2.34. The molecular weight excluding hydrogens is 264 g/mol. The molecule has 1 unspecified atom stereocenters. The van der Waals surface area contributed by atoms with E-state index in [-0.39, 0.29) is 6.04 Å². The van der Waals surface area contributed by atoms with Crippen LogP contribution in [0, 0.1) is 11.3 Å². The normalized spacial score (nSPS) is 12.6. The van der Waals surface area contributed by atoms with Gasteiger partial charge in [-0.1, -0.05) is 38.1 Å². The van der Waals surface area contributed by atoms with Crippen LogP contribution in [0.15, 0.2) is 24.3 Å². The monoisotopic (exact) mass is 290 g/mol. The van der Waals surface area contributed by atoms with Gasteiger partial charge in [0.05, 0.1) is 19.3 Å². The second kappa shape index (κ2) is 9.51. The van der Waals surface area contributed by atoms with Crippen molar-refractivity contribution >= 4 is 0 Å². The van der Waals surface area contributed by atoms with E-state index in [1.54, 1.807) is 14.2 Å². The van der Waals surface area contributed by atoms with E-state index >= 15 is 0 Å². The van der Waals surface area contributed by atoms with Gasteiger partial charge in [0, 0.05) is 27.3 Å². The molecule has 0 spiro atoms. The van der Waals surface area contributed by atoms with E-state index in [0.29, 0.717) is 32.2 Å². The van der Waals surface area contributed by atoms with Crippen LogP contribution in [0.1, 0.15) is 36.9 Å². The van der Waals surface area contributed by atoms with Crippen molar-refractivity contribution in [3.05, 3.63) is 35.4 Å². The molecule has 0 bridgehead atoms. The molecule has 0 heterocycles. The van der Waals surface area contributed by atoms with Crippen molar-refractivity contribution in [2.75, 3.05) is 40.5 Å². The quantitative estimate of drug-likeness (QED) is 0.701. The van der Waals surface area contributed by atoms with Gasteiger partial charge in [0.25, 0.3) is 0 Å². The maximum Gasteiger partial charge on any atom is 0.124 e. The Morgan fingerprint density at radius 2 is 1.48 bits per heavy atom. The van der Waals surface area contributed by atoms with E-state index < -0.39 is 0 Å². The number of nitriles is 1. The molecular formula is C17H26N2O2. The Bertz CT molecular complexity index is 429. The number of benzene rings is 1. The molecule has 1 aromatic rings. The van der Waals surface area contributed by atoms with Gasteiger partial charge in [-0.05, 0) is 17.0 Å². The fourth-order valence-corrected chi connectivity index (χ4v) is 2.22. The molecule has 0 aliphatic rings. The highest BCUT2D eigenvalue weighted by Gasteiger charge is 2.19. The average Bonchev–Trinajstić information content (AvgIpc) is 2.50. The number of methoxy groups -OCH3 is 2. The van der Waals surface area contributed by atoms with Crippen molar-refractivity contribution in [2.24, 2.45) is 0 Å². The Kier molecular flexibility index (Phi) is 7.99. The Morgan fingerprint density at radius 3 is 1.86 bits per heavy atom. The molecule has 116 valence electrons. The summed E-state index contributed by atoms with van der Waals surface area (Å²) in [5.74, 6) is 0.498. The van der Waals surface area contributed by atoms with Crippen molar-refractivity contribution in [2.45, 2.75) is 25.8 Å². The van der Waals surface area contributed by atoms with Gasteiger partial charge in [0.15, 0.2) is 0 Å². The first kappa shape index (κ1) is 17.6. The van der Waals surface area contributed by atoms with Crippen LogP contribution in [0.5, 0.6) is 0 Å². The number of ether oxygens (including phenoxy) is 2. The summed E-state index contributed by atoms with van der Waals surface area (Å²) in [5.41, 5.74) is 2.31. The van der Waals surface area contributed by atoms with Crippen LogP contribution in [0.4, 0.5) is 0 Å². The third-order valence-corrected chi connectivity index (χ3v) is 3.57. The van der Waals surface area contributed by atoms with E-state index in [4.69, 9.17) is 9.47 Å². The summed E-state index contributed by atoms with van der Waals surface area (Å²) in [4.78, 5) is 2.09. The largest absolute Gasteiger partial charge is 0.383 e. The maximum absolute atomic E-state index is 9.55. The molecule has 0 amide bonds. The van der Waals surface area contributed by atoms with Crippen LogP contribution in [-0.2, 0) is 9.47 Å². The van der Waals surface area contributed by atoms with E-state index in [2.05, 4.69) is 49.1 Å². The summed E-state index contributed by atoms with van der Waals surface area (Å²) in [6, 6.07) is 10.4. The van der Waals surface area contributed by atoms with Crippen LogP contribution in [0.3, 0.4) is 0 Å². The molecule has 0 saturated heterocycles. The standard InChI is InChI=1S/C17H26N2O2/c1-14(2)15-5-7-16(8-6-15)17(13-18)19(9-11-20-3)10-12-21-4/h5-8,14,17H,9-12H2,1-4H3. The van der Waals surface area contributed by atoms with Crippen LogP contribution in [-0.4, -0.2) is 45.4 Å². The second-order valence-corrected chi connectivity index (χ2v) is 5.37. The summed E-state index contributed by atoms with van der Waals surface area (Å²) in [6.07, 6.45) is 0. The molecule has 0 aliphatic heterocycles. The summed E-state index contributed by atoms with van der Waals surface area (Å²) in [6.45, 7) is 6.96. The molecule has 0 aliphatic carbocycles. The number of hydrogen-bond acceptors (Lipinski definition) is 4. The third-order valence-electron chi connectivity index (χ3n) is 3.57. The number of rotatable bonds is 9. The summed E-state index contributed by atoms with van der Waals surface area (Å²) in [7, 11) is 3.35. The van der Waals surface area contributed by atoms with Crippen LogP contribution in [0.2, 0.25) is 0 Å². The average molecular weight is 290 g/mol. The fourth-order valence-electron chi connectivity index (χ4n) is 2.22. The Balaban J connectivity index is 2.87. The maximum atomic E-state index is 9.55. The summed E-state index contributed by atoms with van der Waals surface area (Å²) in [5, 5.41) is 9.55. The van der Waals surface area contributed by atoms with Gasteiger partial charge >= 0.3 is 0 Å². The molecule has 1 aromatic carbocycles. The molecule has 0 radical (unpaired) electrons. The highest BCUT2D eigenvalue weighted by Crippen LogP contribution is 2.22. The first-order chi connectivity index (χ1) is 10.1. The third kappa shape index (κ3) is 5.47. The van der Waals surface area contributed by atoms with E-state index in [9.17, 15) is 5.26 Å². The molecule has 4 nitrogen and oxygen atoms in total. The van der Waals surface area contributed by atoms with E-state index in [0.717, 1.165) is 5.56 Å². The lowest BCUT2D eigenvalue weighted by Gasteiger charge is -2.27. The minimum atomic E-state index is -0.267. The number of hydrogen-bond donors (Lipinski definition) is 0. The molecule has 0 N–H and O–H groups in total. The predicted octanol–water partition coefficient (Wildman–Crippen LogP) is 2.97. The van der Waals surface area contributed by atoms with Crippen molar-refractivity contribution in [1.82, 2.24) is 4.90 Å². The van der Waals surface area contributed by atoms with Gasteiger partial charge in [-0.3, -0.25) is 4.90 Å². The lowest BCUT2D eigenvalue weighted by atomic mass is 9.99. The molecule has 1 atom stereocenters. The molecule has 0 fully saturated rings. The van der Waals surface area contributed by atoms with Crippen molar-refractivity contribution in [3.8, 4) is 6.07 Å². The zero-order valence-electron chi connectivity index (χ0n) is 13.5. The van der Waals surface area contributed by atoms with Gasteiger partial charge in [-0.25, -0.2) is 0 Å². The Hall–Kier alpha value is -1.41. The van der Waals surface area contributed by atoms with Crippen LogP contribution in [0.25, 0.3) is 0 Å². The van der Waals surface area contributed by atoms with Gasteiger partial charge in [-0.15, -0.1) is 0 Å². The number of nitrogens with zero attached hydrogens (tertiary/aromatic N) is 2. The second-order valence-electron chi connectivity index (χ2n) is 5.37. The van der Waals surface area contributed by atoms with Crippen molar-refractivity contribution in [1.29, 1.82) is 5.26 Å². The minimum absolute atomic E-state index is 0.267. The topological polar surface area (TPSA) is 45.5 Å². The molecule has 0 aromatic heterocycles. The summed E-state index contributed by atoms with van der Waals surface area (Å²) < 4.78 is 10.3. The van der Waals surface area contributed by atoms with Gasteiger partial charge in [-0.2, -0.15) is 5.26 Å². The Labute approximate surface area is 128 Å². The van der Waals surface area contributed by atoms with Gasteiger partial charge in [0.2, 0.25) is 0 Å². The molecule has 4 heteroatoms. The first-order valence-electron chi connectivity index (χ1n) is 7.35. The van der Waals surface area contributed by atoms with E-state index in [1.807, 2.05) is 0 Å². The van der Waals surface area contributed by atoms with Crippen molar-refractivity contribution in [3.63, 3.8) is 0 Å². The molecule has 21 heavy (non-hydrogen) atoms. The zero-order valence-corrected chi connectivity index (χ0v) is 13.5. The first-order valence-corrected chi connectivity index (χ1v) is 7.35. The fraction of sp³-hybridized carbons (Fsp3) is 0.588.